The van der Waals surface area contributed by atoms with Crippen LogP contribution >= 0.6 is 0 Å². The summed E-state index contributed by atoms with van der Waals surface area (Å²) in [6.07, 6.45) is 1.75. The molecule has 2 aliphatic rings. The fraction of sp³-hybridized carbons (Fsp3) is 0.500. The van der Waals surface area contributed by atoms with Crippen LogP contribution in [0.3, 0.4) is 0 Å². The number of aryl methyl sites for hydroxylation is 1. The number of anilines is 1. The summed E-state index contributed by atoms with van der Waals surface area (Å²) in [5.41, 5.74) is 0. The SMILES string of the molecule is CC1CN2C(=O)NC(=O)CC2C(=O)N1c1ccn(C)n1. The third-order valence-corrected chi connectivity index (χ3v) is 3.63. The van der Waals surface area contributed by atoms with Crippen molar-refractivity contribution in [2.24, 2.45) is 7.05 Å². The van der Waals surface area contributed by atoms with Gasteiger partial charge in [0.25, 0.3) is 5.91 Å². The summed E-state index contributed by atoms with van der Waals surface area (Å²) in [6, 6.07) is 0.337. The third-order valence-electron chi connectivity index (χ3n) is 3.63. The third kappa shape index (κ3) is 1.84. The summed E-state index contributed by atoms with van der Waals surface area (Å²) in [7, 11) is 1.77. The Hall–Kier alpha value is -2.38. The van der Waals surface area contributed by atoms with E-state index in [-0.39, 0.29) is 18.4 Å². The molecule has 1 N–H and O–H groups in total. The van der Waals surface area contributed by atoms with Gasteiger partial charge in [-0.25, -0.2) is 4.79 Å². The van der Waals surface area contributed by atoms with Gasteiger partial charge in [-0.3, -0.25) is 24.5 Å². The predicted molar refractivity (Wildman–Crippen MR) is 68.8 cm³/mol. The molecule has 2 saturated heterocycles. The van der Waals surface area contributed by atoms with Crippen LogP contribution in [0, 0.1) is 0 Å². The summed E-state index contributed by atoms with van der Waals surface area (Å²) in [5.74, 6) is -0.131. The topological polar surface area (TPSA) is 87.5 Å². The zero-order valence-electron chi connectivity index (χ0n) is 11.2. The molecule has 8 nitrogen and oxygen atoms in total. The van der Waals surface area contributed by atoms with Gasteiger partial charge in [-0.1, -0.05) is 0 Å². The van der Waals surface area contributed by atoms with E-state index in [4.69, 9.17) is 0 Å². The van der Waals surface area contributed by atoms with Gasteiger partial charge in [-0.05, 0) is 6.92 Å². The lowest BCUT2D eigenvalue weighted by Gasteiger charge is -2.45. The lowest BCUT2D eigenvalue weighted by molar-refractivity contribution is -0.133. The highest BCUT2D eigenvalue weighted by Crippen LogP contribution is 2.25. The Balaban J connectivity index is 1.93. The Bertz CT molecular complexity index is 596. The van der Waals surface area contributed by atoms with Crippen molar-refractivity contribution in [2.45, 2.75) is 25.4 Å². The molecule has 0 bridgehead atoms. The average molecular weight is 277 g/mol. The number of nitrogens with one attached hydrogen (secondary N) is 1. The van der Waals surface area contributed by atoms with Gasteiger partial charge in [0.2, 0.25) is 5.91 Å². The van der Waals surface area contributed by atoms with Crippen molar-refractivity contribution < 1.29 is 14.4 Å². The van der Waals surface area contributed by atoms with Gasteiger partial charge in [0, 0.05) is 25.9 Å². The minimum atomic E-state index is -0.727. The quantitative estimate of drug-likeness (QED) is 0.747. The summed E-state index contributed by atoms with van der Waals surface area (Å²) in [5, 5.41) is 6.46. The molecule has 3 heterocycles. The van der Waals surface area contributed by atoms with Crippen LogP contribution in [0.25, 0.3) is 0 Å². The Morgan fingerprint density at radius 1 is 1.35 bits per heavy atom. The lowest BCUT2D eigenvalue weighted by atomic mass is 10.0. The molecule has 0 aromatic carbocycles. The molecule has 2 aliphatic heterocycles. The second kappa shape index (κ2) is 4.32. The average Bonchev–Trinajstić information content (AvgIpc) is 2.78. The molecule has 0 radical (unpaired) electrons. The van der Waals surface area contributed by atoms with Crippen LogP contribution in [0.4, 0.5) is 10.6 Å². The first-order valence-corrected chi connectivity index (χ1v) is 6.40. The van der Waals surface area contributed by atoms with Crippen LogP contribution in [0.1, 0.15) is 13.3 Å². The van der Waals surface area contributed by atoms with Crippen molar-refractivity contribution in [3.05, 3.63) is 12.3 Å². The lowest BCUT2D eigenvalue weighted by Crippen LogP contribution is -2.68. The minimum Gasteiger partial charge on any atom is -0.310 e. The van der Waals surface area contributed by atoms with Gasteiger partial charge >= 0.3 is 6.03 Å². The number of urea groups is 1. The number of fused-ring (bicyclic) bond motifs is 1. The van der Waals surface area contributed by atoms with Crippen molar-refractivity contribution in [2.75, 3.05) is 11.4 Å². The predicted octanol–water partition coefficient (Wildman–Crippen LogP) is -0.534. The van der Waals surface area contributed by atoms with Crippen molar-refractivity contribution >= 4 is 23.7 Å². The van der Waals surface area contributed by atoms with Crippen LogP contribution in [0.5, 0.6) is 0 Å². The minimum absolute atomic E-state index is 0.000622. The van der Waals surface area contributed by atoms with Crippen LogP contribution in [0.15, 0.2) is 12.3 Å². The standard InChI is InChI=1S/C12H15N5O3/c1-7-6-16-8(5-10(18)13-12(16)20)11(19)17(7)9-3-4-15(2)14-9/h3-4,7-8H,5-6H2,1-2H3,(H,13,18,20). The first-order chi connectivity index (χ1) is 9.47. The Morgan fingerprint density at radius 2 is 2.10 bits per heavy atom. The molecule has 0 aliphatic carbocycles. The summed E-state index contributed by atoms with van der Waals surface area (Å²) in [4.78, 5) is 38.8. The number of rotatable bonds is 1. The summed E-state index contributed by atoms with van der Waals surface area (Å²) >= 11 is 0. The molecule has 1 aromatic heterocycles. The summed E-state index contributed by atoms with van der Waals surface area (Å²) < 4.78 is 1.61. The van der Waals surface area contributed by atoms with Gasteiger partial charge < -0.3 is 4.90 Å². The van der Waals surface area contributed by atoms with Gasteiger partial charge in [-0.15, -0.1) is 0 Å². The largest absolute Gasteiger partial charge is 0.324 e. The number of hydrogen-bond donors (Lipinski definition) is 1. The first kappa shape index (κ1) is 12.6. The number of carbonyl (C=O) groups excluding carboxylic acids is 3. The van der Waals surface area contributed by atoms with E-state index in [0.717, 1.165) is 0 Å². The molecule has 2 atom stereocenters. The van der Waals surface area contributed by atoms with Crippen LogP contribution in [-0.2, 0) is 16.6 Å². The van der Waals surface area contributed by atoms with E-state index in [1.165, 1.54) is 4.90 Å². The van der Waals surface area contributed by atoms with E-state index in [2.05, 4.69) is 10.4 Å². The van der Waals surface area contributed by atoms with E-state index < -0.39 is 18.0 Å². The second-order valence-electron chi connectivity index (χ2n) is 5.13. The van der Waals surface area contributed by atoms with Crippen LogP contribution in [-0.4, -0.2) is 51.2 Å². The smallest absolute Gasteiger partial charge is 0.310 e. The molecule has 8 heteroatoms. The fourth-order valence-electron chi connectivity index (χ4n) is 2.71. The van der Waals surface area contributed by atoms with Gasteiger partial charge in [0.15, 0.2) is 5.82 Å². The molecule has 2 unspecified atom stereocenters. The molecule has 2 fully saturated rings. The molecule has 20 heavy (non-hydrogen) atoms. The van der Waals surface area contributed by atoms with Gasteiger partial charge in [-0.2, -0.15) is 5.10 Å². The van der Waals surface area contributed by atoms with Crippen molar-refractivity contribution in [3.63, 3.8) is 0 Å². The van der Waals surface area contributed by atoms with E-state index in [9.17, 15) is 14.4 Å². The molecule has 0 spiro atoms. The molecule has 4 amide bonds. The maximum absolute atomic E-state index is 12.6. The number of carbonyl (C=O) groups is 3. The highest BCUT2D eigenvalue weighted by Gasteiger charge is 2.46. The highest BCUT2D eigenvalue weighted by atomic mass is 16.2. The van der Waals surface area contributed by atoms with Gasteiger partial charge in [0.05, 0.1) is 12.5 Å². The van der Waals surface area contributed by atoms with Crippen LogP contribution in [0.2, 0.25) is 0 Å². The number of amides is 4. The number of piperazine rings is 1. The Kier molecular flexibility index (Phi) is 2.73. The van der Waals surface area contributed by atoms with Crippen molar-refractivity contribution in [1.82, 2.24) is 20.0 Å². The van der Waals surface area contributed by atoms with Crippen molar-refractivity contribution in [1.29, 1.82) is 0 Å². The fourth-order valence-corrected chi connectivity index (χ4v) is 2.71. The highest BCUT2D eigenvalue weighted by molar-refractivity contribution is 6.07. The summed E-state index contributed by atoms with van der Waals surface area (Å²) in [6.45, 7) is 2.23. The zero-order chi connectivity index (χ0) is 14.4. The van der Waals surface area contributed by atoms with E-state index in [0.29, 0.717) is 12.4 Å². The number of imide groups is 1. The number of nitrogens with zero attached hydrogens (tertiary/aromatic N) is 4. The van der Waals surface area contributed by atoms with E-state index >= 15 is 0 Å². The van der Waals surface area contributed by atoms with E-state index in [1.807, 2.05) is 6.92 Å². The molecule has 1 aromatic rings. The van der Waals surface area contributed by atoms with Crippen LogP contribution < -0.4 is 10.2 Å². The number of hydrogen-bond acceptors (Lipinski definition) is 4. The second-order valence-corrected chi connectivity index (χ2v) is 5.13. The number of aromatic nitrogens is 2. The maximum Gasteiger partial charge on any atom is 0.324 e. The molecule has 3 rings (SSSR count). The first-order valence-electron chi connectivity index (χ1n) is 6.40. The van der Waals surface area contributed by atoms with E-state index in [1.54, 1.807) is 28.9 Å². The van der Waals surface area contributed by atoms with Gasteiger partial charge in [0.1, 0.15) is 6.04 Å². The zero-order valence-corrected chi connectivity index (χ0v) is 11.2. The molecule has 106 valence electrons. The Labute approximate surface area is 115 Å². The normalized spacial score (nSPS) is 26.6. The molecular weight excluding hydrogens is 262 g/mol. The maximum atomic E-state index is 12.6. The van der Waals surface area contributed by atoms with Crippen molar-refractivity contribution in [3.8, 4) is 0 Å². The monoisotopic (exact) mass is 277 g/mol. The molecule has 0 saturated carbocycles. The Morgan fingerprint density at radius 3 is 2.75 bits per heavy atom. The molecular formula is C12H15N5O3.